The summed E-state index contributed by atoms with van der Waals surface area (Å²) in [5.41, 5.74) is 1.71. The molecule has 2 aromatic rings. The lowest BCUT2D eigenvalue weighted by molar-refractivity contribution is -0.858. The van der Waals surface area contributed by atoms with Gasteiger partial charge in [0.05, 0.1) is 26.9 Å². The van der Waals surface area contributed by atoms with E-state index in [1.165, 1.54) is 17.2 Å². The Bertz CT molecular complexity index is 747. The van der Waals surface area contributed by atoms with Crippen molar-refractivity contribution in [1.29, 1.82) is 0 Å². The fraction of sp³-hybridized carbons (Fsp3) is 0.300. The molecule has 3 N–H and O–H groups in total. The van der Waals surface area contributed by atoms with Gasteiger partial charge in [-0.25, -0.2) is 0 Å². The highest BCUT2D eigenvalue weighted by Gasteiger charge is 2.15. The normalized spacial score (nSPS) is 11.5. The number of hydrogen-bond donors (Lipinski definition) is 3. The largest absolute Gasteiger partial charge is 0.465 e. The molecule has 1 aromatic carbocycles. The van der Waals surface area contributed by atoms with Crippen molar-refractivity contribution in [2.75, 3.05) is 27.2 Å². The molecular formula is C20H26N3O3+. The Balaban J connectivity index is 2.07. The van der Waals surface area contributed by atoms with Gasteiger partial charge in [-0.1, -0.05) is 17.7 Å². The second-order valence-corrected chi connectivity index (χ2v) is 6.46. The molecule has 6 nitrogen and oxygen atoms in total. The van der Waals surface area contributed by atoms with Gasteiger partial charge in [0.25, 0.3) is 11.8 Å². The van der Waals surface area contributed by atoms with E-state index in [0.717, 1.165) is 18.5 Å². The van der Waals surface area contributed by atoms with Gasteiger partial charge in [0.1, 0.15) is 11.5 Å². The highest BCUT2D eigenvalue weighted by molar-refractivity contribution is 6.05. The van der Waals surface area contributed by atoms with Crippen LogP contribution in [0.3, 0.4) is 0 Å². The van der Waals surface area contributed by atoms with Crippen molar-refractivity contribution in [3.8, 4) is 0 Å². The second kappa shape index (κ2) is 9.58. The van der Waals surface area contributed by atoms with Crippen LogP contribution in [-0.2, 0) is 4.79 Å². The topological polar surface area (TPSA) is 75.8 Å². The van der Waals surface area contributed by atoms with Gasteiger partial charge >= 0.3 is 0 Å². The lowest BCUT2D eigenvalue weighted by atomic mass is 10.1. The molecule has 0 aliphatic heterocycles. The van der Waals surface area contributed by atoms with Gasteiger partial charge in [0, 0.05) is 24.6 Å². The average Bonchev–Trinajstić information content (AvgIpc) is 3.11. The van der Waals surface area contributed by atoms with Gasteiger partial charge in [-0.05, 0) is 31.2 Å². The van der Waals surface area contributed by atoms with Crippen LogP contribution in [0, 0.1) is 6.92 Å². The van der Waals surface area contributed by atoms with Crippen molar-refractivity contribution in [3.63, 3.8) is 0 Å². The van der Waals surface area contributed by atoms with Gasteiger partial charge in [-0.15, -0.1) is 0 Å². The molecule has 0 saturated carbocycles. The van der Waals surface area contributed by atoms with Gasteiger partial charge in [-0.3, -0.25) is 9.59 Å². The minimum Gasteiger partial charge on any atom is -0.465 e. The van der Waals surface area contributed by atoms with Crippen LogP contribution in [0.2, 0.25) is 0 Å². The van der Waals surface area contributed by atoms with Crippen molar-refractivity contribution in [1.82, 2.24) is 10.6 Å². The van der Waals surface area contributed by atoms with Crippen molar-refractivity contribution >= 4 is 17.9 Å². The maximum atomic E-state index is 12.5. The van der Waals surface area contributed by atoms with Gasteiger partial charge in [0.2, 0.25) is 0 Å². The average molecular weight is 356 g/mol. The summed E-state index contributed by atoms with van der Waals surface area (Å²) in [6.07, 6.45) is 3.90. The summed E-state index contributed by atoms with van der Waals surface area (Å²) in [5.74, 6) is -0.177. The minimum absolute atomic E-state index is 0.155. The van der Waals surface area contributed by atoms with E-state index in [9.17, 15) is 9.59 Å². The fourth-order valence-electron chi connectivity index (χ4n) is 2.31. The fourth-order valence-corrected chi connectivity index (χ4v) is 2.31. The van der Waals surface area contributed by atoms with Crippen LogP contribution < -0.4 is 15.5 Å². The van der Waals surface area contributed by atoms with Crippen molar-refractivity contribution < 1.29 is 18.9 Å². The molecule has 0 aliphatic rings. The number of benzene rings is 1. The van der Waals surface area contributed by atoms with Crippen LogP contribution in [-0.4, -0.2) is 39.0 Å². The van der Waals surface area contributed by atoms with Crippen LogP contribution in [0.25, 0.3) is 6.08 Å². The van der Waals surface area contributed by atoms with E-state index in [2.05, 4.69) is 24.7 Å². The van der Waals surface area contributed by atoms with E-state index < -0.39 is 0 Å². The number of aryl methyl sites for hydroxylation is 1. The molecule has 0 fully saturated rings. The van der Waals surface area contributed by atoms with Gasteiger partial charge in [0.15, 0.2) is 0 Å². The highest BCUT2D eigenvalue weighted by atomic mass is 16.3. The number of hydrogen-bond acceptors (Lipinski definition) is 3. The molecule has 0 aliphatic carbocycles. The summed E-state index contributed by atoms with van der Waals surface area (Å²) < 4.78 is 5.26. The Hall–Kier alpha value is -2.86. The maximum Gasteiger partial charge on any atom is 0.267 e. The Kier molecular flexibility index (Phi) is 7.17. The first-order chi connectivity index (χ1) is 12.5. The quantitative estimate of drug-likeness (QED) is 0.488. The number of furan rings is 1. The van der Waals surface area contributed by atoms with E-state index in [1.54, 1.807) is 24.3 Å². The molecule has 6 heteroatoms. The zero-order valence-corrected chi connectivity index (χ0v) is 15.5. The van der Waals surface area contributed by atoms with Gasteiger partial charge in [-0.2, -0.15) is 0 Å². The summed E-state index contributed by atoms with van der Waals surface area (Å²) in [7, 11) is 4.12. The Labute approximate surface area is 153 Å². The van der Waals surface area contributed by atoms with Crippen LogP contribution in [0.4, 0.5) is 0 Å². The van der Waals surface area contributed by atoms with Crippen LogP contribution in [0.1, 0.15) is 28.1 Å². The van der Waals surface area contributed by atoms with Gasteiger partial charge < -0.3 is 20.0 Å². The third kappa shape index (κ3) is 6.22. The van der Waals surface area contributed by atoms with Crippen molar-refractivity contribution in [2.24, 2.45) is 0 Å². The number of carbonyl (C=O) groups excluding carboxylic acids is 2. The van der Waals surface area contributed by atoms with Crippen molar-refractivity contribution in [2.45, 2.75) is 13.3 Å². The molecule has 0 unspecified atom stereocenters. The SMILES string of the molecule is Cc1ccc(C(=O)N/C(=C/c2ccco2)C(=O)NCCC[NH+](C)C)cc1. The maximum absolute atomic E-state index is 12.5. The minimum atomic E-state index is -0.337. The number of quaternary nitrogens is 1. The first-order valence-corrected chi connectivity index (χ1v) is 8.66. The molecule has 0 spiro atoms. The third-order valence-electron chi connectivity index (χ3n) is 3.78. The molecule has 0 bridgehead atoms. The Morgan fingerprint density at radius 2 is 1.88 bits per heavy atom. The Morgan fingerprint density at radius 1 is 1.15 bits per heavy atom. The number of nitrogens with one attached hydrogen (secondary N) is 3. The zero-order valence-electron chi connectivity index (χ0n) is 15.5. The third-order valence-corrected chi connectivity index (χ3v) is 3.78. The van der Waals surface area contributed by atoms with Crippen molar-refractivity contribution in [3.05, 3.63) is 65.2 Å². The summed E-state index contributed by atoms with van der Waals surface area (Å²) in [5, 5.41) is 5.52. The monoisotopic (exact) mass is 356 g/mol. The lowest BCUT2D eigenvalue weighted by Crippen LogP contribution is -3.05. The molecule has 2 rings (SSSR count). The standard InChI is InChI=1S/C20H25N3O3/c1-15-7-9-16(10-8-15)19(24)22-18(14-17-6-4-13-26-17)20(25)21-11-5-12-23(2)3/h4,6-10,13-14H,5,11-12H2,1-3H3,(H,21,25)(H,22,24)/p+1/b18-14+. The summed E-state index contributed by atoms with van der Waals surface area (Å²) in [6, 6.07) is 10.6. The Morgan fingerprint density at radius 3 is 2.50 bits per heavy atom. The first-order valence-electron chi connectivity index (χ1n) is 8.66. The predicted octanol–water partition coefficient (Wildman–Crippen LogP) is 1.01. The molecule has 1 aromatic heterocycles. The van der Waals surface area contributed by atoms with Crippen LogP contribution in [0.15, 0.2) is 52.8 Å². The second-order valence-electron chi connectivity index (χ2n) is 6.46. The number of rotatable bonds is 8. The van der Waals surface area contributed by atoms with E-state index in [0.29, 0.717) is 17.9 Å². The summed E-state index contributed by atoms with van der Waals surface area (Å²) in [4.78, 5) is 26.3. The summed E-state index contributed by atoms with van der Waals surface area (Å²) in [6.45, 7) is 3.44. The molecule has 1 heterocycles. The molecule has 0 saturated heterocycles. The highest BCUT2D eigenvalue weighted by Crippen LogP contribution is 2.08. The summed E-state index contributed by atoms with van der Waals surface area (Å²) >= 11 is 0. The van der Waals surface area contributed by atoms with Crippen LogP contribution >= 0.6 is 0 Å². The van der Waals surface area contributed by atoms with E-state index in [1.807, 2.05) is 19.1 Å². The predicted molar refractivity (Wildman–Crippen MR) is 101 cm³/mol. The van der Waals surface area contributed by atoms with E-state index in [4.69, 9.17) is 4.42 Å². The van der Waals surface area contributed by atoms with E-state index >= 15 is 0 Å². The molecular weight excluding hydrogens is 330 g/mol. The smallest absolute Gasteiger partial charge is 0.267 e. The first kappa shape index (κ1) is 19.5. The molecule has 26 heavy (non-hydrogen) atoms. The molecule has 138 valence electrons. The molecule has 0 radical (unpaired) electrons. The molecule has 0 atom stereocenters. The van der Waals surface area contributed by atoms with Crippen LogP contribution in [0.5, 0.6) is 0 Å². The number of amides is 2. The zero-order chi connectivity index (χ0) is 18.9. The molecule has 2 amide bonds. The lowest BCUT2D eigenvalue weighted by Gasteiger charge is -2.11. The number of carbonyl (C=O) groups is 2. The van der Waals surface area contributed by atoms with E-state index in [-0.39, 0.29) is 17.5 Å².